The van der Waals surface area contributed by atoms with Gasteiger partial charge in [-0.25, -0.2) is 4.79 Å². The van der Waals surface area contributed by atoms with Crippen molar-refractivity contribution in [2.45, 2.75) is 39.7 Å². The summed E-state index contributed by atoms with van der Waals surface area (Å²) in [6.45, 7) is 6.21. The minimum Gasteiger partial charge on any atom is -0.462 e. The molecule has 0 aliphatic carbocycles. The fourth-order valence-electron chi connectivity index (χ4n) is 2.16. The number of thiophene rings is 1. The molecule has 0 bridgehead atoms. The van der Waals surface area contributed by atoms with Crippen LogP contribution < -0.4 is 11.1 Å². The van der Waals surface area contributed by atoms with Crippen molar-refractivity contribution in [3.05, 3.63) is 16.0 Å². The highest BCUT2D eigenvalue weighted by atomic mass is 32.1. The second-order valence-electron chi connectivity index (χ2n) is 4.76. The van der Waals surface area contributed by atoms with Gasteiger partial charge < -0.3 is 20.5 Å². The number of methoxy groups -OCH3 is 1. The molecule has 1 aromatic heterocycles. The Kier molecular flexibility index (Phi) is 7.50. The summed E-state index contributed by atoms with van der Waals surface area (Å²) in [4.78, 5) is 25.3. The number of anilines is 1. The second kappa shape index (κ2) is 8.87. The van der Waals surface area contributed by atoms with Gasteiger partial charge in [-0.05, 0) is 25.8 Å². The van der Waals surface area contributed by atoms with E-state index in [4.69, 9.17) is 15.2 Å². The Morgan fingerprint density at radius 1 is 1.36 bits per heavy atom. The lowest BCUT2D eigenvalue weighted by molar-refractivity contribution is -0.118. The number of ether oxygens (including phenoxy) is 2. The first kappa shape index (κ1) is 18.6. The number of nitrogens with one attached hydrogen (secondary N) is 1. The molecule has 1 amide bonds. The van der Waals surface area contributed by atoms with Crippen LogP contribution in [0.15, 0.2) is 0 Å². The van der Waals surface area contributed by atoms with Gasteiger partial charge in [0.25, 0.3) is 0 Å². The van der Waals surface area contributed by atoms with E-state index < -0.39 is 5.97 Å². The lowest BCUT2D eigenvalue weighted by Gasteiger charge is -2.12. The number of rotatable bonds is 8. The Balaban J connectivity index is 2.99. The molecule has 6 nitrogen and oxygen atoms in total. The van der Waals surface area contributed by atoms with Gasteiger partial charge in [0.1, 0.15) is 5.00 Å². The zero-order valence-corrected chi connectivity index (χ0v) is 14.3. The molecule has 0 saturated carbocycles. The SMILES string of the molecule is CCOC(=O)c1c(NC(=O)CC(CN)OC)sc(C)c1CC. The molecule has 0 aliphatic heterocycles. The van der Waals surface area contributed by atoms with Crippen molar-refractivity contribution < 1.29 is 19.1 Å². The van der Waals surface area contributed by atoms with Crippen LogP contribution >= 0.6 is 11.3 Å². The number of nitrogens with two attached hydrogens (primary N) is 1. The van der Waals surface area contributed by atoms with Crippen molar-refractivity contribution in [1.29, 1.82) is 0 Å². The molecule has 0 aliphatic rings. The highest BCUT2D eigenvalue weighted by molar-refractivity contribution is 7.16. The molecule has 0 spiro atoms. The number of carbonyl (C=O) groups is 2. The molecule has 1 rings (SSSR count). The summed E-state index contributed by atoms with van der Waals surface area (Å²) in [7, 11) is 1.51. The topological polar surface area (TPSA) is 90.7 Å². The van der Waals surface area contributed by atoms with Crippen molar-refractivity contribution in [3.63, 3.8) is 0 Å². The van der Waals surface area contributed by atoms with Gasteiger partial charge in [-0.2, -0.15) is 0 Å². The molecule has 3 N–H and O–H groups in total. The van der Waals surface area contributed by atoms with E-state index >= 15 is 0 Å². The highest BCUT2D eigenvalue weighted by Gasteiger charge is 2.24. The number of esters is 1. The second-order valence-corrected chi connectivity index (χ2v) is 5.99. The van der Waals surface area contributed by atoms with E-state index in [2.05, 4.69) is 5.32 Å². The molecule has 0 saturated heterocycles. The van der Waals surface area contributed by atoms with E-state index in [1.807, 2.05) is 13.8 Å². The molecular weight excluding hydrogens is 304 g/mol. The fourth-order valence-corrected chi connectivity index (χ4v) is 3.31. The van der Waals surface area contributed by atoms with E-state index in [0.717, 1.165) is 10.4 Å². The maximum absolute atomic E-state index is 12.2. The predicted octanol–water partition coefficient (Wildman–Crippen LogP) is 2.10. The van der Waals surface area contributed by atoms with Crippen LogP contribution in [0.1, 0.15) is 41.1 Å². The quantitative estimate of drug-likeness (QED) is 0.713. The van der Waals surface area contributed by atoms with Gasteiger partial charge in [0.2, 0.25) is 5.91 Å². The summed E-state index contributed by atoms with van der Waals surface area (Å²) < 4.78 is 10.2. The fraction of sp³-hybridized carbons (Fsp3) is 0.600. The molecule has 1 aromatic rings. The Labute approximate surface area is 135 Å². The minimum absolute atomic E-state index is 0.146. The standard InChI is InChI=1S/C15H24N2O4S/c1-5-11-9(3)22-14(13(11)15(19)21-6-2)17-12(18)7-10(8-16)20-4/h10H,5-8,16H2,1-4H3,(H,17,18). The van der Waals surface area contributed by atoms with Crippen molar-refractivity contribution in [2.24, 2.45) is 5.73 Å². The molecule has 1 unspecified atom stereocenters. The molecule has 22 heavy (non-hydrogen) atoms. The summed E-state index contributed by atoms with van der Waals surface area (Å²) in [5.74, 6) is -0.632. The number of carbonyl (C=O) groups excluding carboxylic acids is 2. The summed E-state index contributed by atoms with van der Waals surface area (Å²) in [6, 6.07) is 0. The summed E-state index contributed by atoms with van der Waals surface area (Å²) >= 11 is 1.39. The highest BCUT2D eigenvalue weighted by Crippen LogP contribution is 2.34. The van der Waals surface area contributed by atoms with Crippen LogP contribution in [-0.4, -0.2) is 38.2 Å². The first-order chi connectivity index (χ1) is 10.5. The van der Waals surface area contributed by atoms with Crippen LogP contribution in [0.5, 0.6) is 0 Å². The molecule has 7 heteroatoms. The number of hydrogen-bond acceptors (Lipinski definition) is 6. The Hall–Kier alpha value is -1.44. The van der Waals surface area contributed by atoms with Gasteiger partial charge in [0.05, 0.1) is 24.7 Å². The third-order valence-corrected chi connectivity index (χ3v) is 4.37. The average molecular weight is 328 g/mol. The molecule has 0 fully saturated rings. The van der Waals surface area contributed by atoms with Gasteiger partial charge in [0.15, 0.2) is 0 Å². The number of amides is 1. The van der Waals surface area contributed by atoms with E-state index in [-0.39, 0.29) is 25.0 Å². The molecule has 0 aromatic carbocycles. The number of hydrogen-bond donors (Lipinski definition) is 2. The van der Waals surface area contributed by atoms with Crippen molar-refractivity contribution in [2.75, 3.05) is 25.6 Å². The van der Waals surface area contributed by atoms with Crippen molar-refractivity contribution in [1.82, 2.24) is 0 Å². The Morgan fingerprint density at radius 3 is 2.55 bits per heavy atom. The van der Waals surface area contributed by atoms with E-state index in [9.17, 15) is 9.59 Å². The summed E-state index contributed by atoms with van der Waals surface area (Å²) in [5, 5.41) is 3.32. The third kappa shape index (κ3) is 4.53. The van der Waals surface area contributed by atoms with Gasteiger partial charge in [0, 0.05) is 18.5 Å². The van der Waals surface area contributed by atoms with Crippen LogP contribution in [-0.2, 0) is 20.7 Å². The van der Waals surface area contributed by atoms with E-state index in [1.54, 1.807) is 6.92 Å². The zero-order valence-electron chi connectivity index (χ0n) is 13.5. The van der Waals surface area contributed by atoms with Gasteiger partial charge in [-0.3, -0.25) is 4.79 Å². The largest absolute Gasteiger partial charge is 0.462 e. The molecule has 0 radical (unpaired) electrons. The average Bonchev–Trinajstić information content (AvgIpc) is 2.80. The van der Waals surface area contributed by atoms with Crippen molar-refractivity contribution in [3.8, 4) is 0 Å². The predicted molar refractivity (Wildman–Crippen MR) is 87.5 cm³/mol. The van der Waals surface area contributed by atoms with Gasteiger partial charge in [-0.1, -0.05) is 6.92 Å². The monoisotopic (exact) mass is 328 g/mol. The van der Waals surface area contributed by atoms with Crippen LogP contribution in [0.25, 0.3) is 0 Å². The molecule has 124 valence electrons. The smallest absolute Gasteiger partial charge is 0.341 e. The molecular formula is C15H24N2O4S. The maximum atomic E-state index is 12.2. The van der Waals surface area contributed by atoms with E-state index in [1.165, 1.54) is 18.4 Å². The van der Waals surface area contributed by atoms with Crippen LogP contribution in [0.2, 0.25) is 0 Å². The first-order valence-electron chi connectivity index (χ1n) is 7.30. The maximum Gasteiger partial charge on any atom is 0.341 e. The third-order valence-electron chi connectivity index (χ3n) is 3.30. The molecule has 1 atom stereocenters. The first-order valence-corrected chi connectivity index (χ1v) is 8.12. The van der Waals surface area contributed by atoms with Crippen LogP contribution in [0.4, 0.5) is 5.00 Å². The Morgan fingerprint density at radius 2 is 2.05 bits per heavy atom. The van der Waals surface area contributed by atoms with Gasteiger partial charge >= 0.3 is 5.97 Å². The number of aryl methyl sites for hydroxylation is 1. The Bertz CT molecular complexity index is 524. The normalized spacial score (nSPS) is 12.0. The van der Waals surface area contributed by atoms with Crippen molar-refractivity contribution >= 4 is 28.2 Å². The lowest BCUT2D eigenvalue weighted by atomic mass is 10.1. The van der Waals surface area contributed by atoms with Crippen LogP contribution in [0, 0.1) is 6.92 Å². The van der Waals surface area contributed by atoms with Gasteiger partial charge in [-0.15, -0.1) is 11.3 Å². The minimum atomic E-state index is -0.402. The molecule has 1 heterocycles. The lowest BCUT2D eigenvalue weighted by Crippen LogP contribution is -2.28. The van der Waals surface area contributed by atoms with Crippen LogP contribution in [0.3, 0.4) is 0 Å². The van der Waals surface area contributed by atoms with E-state index in [0.29, 0.717) is 23.6 Å². The zero-order chi connectivity index (χ0) is 16.7. The summed E-state index contributed by atoms with van der Waals surface area (Å²) in [5.41, 5.74) is 6.89. The summed E-state index contributed by atoms with van der Waals surface area (Å²) in [6.07, 6.45) is 0.515.